The van der Waals surface area contributed by atoms with Crippen LogP contribution >= 0.6 is 27.3 Å². The lowest BCUT2D eigenvalue weighted by atomic mass is 10.4. The van der Waals surface area contributed by atoms with Gasteiger partial charge in [0.25, 0.3) is 0 Å². The molecule has 0 aliphatic carbocycles. The third-order valence-corrected chi connectivity index (χ3v) is 3.55. The summed E-state index contributed by atoms with van der Waals surface area (Å²) in [7, 11) is 0. The van der Waals surface area contributed by atoms with Crippen molar-refractivity contribution in [2.24, 2.45) is 0 Å². The molecule has 2 N–H and O–H groups in total. The predicted molar refractivity (Wildman–Crippen MR) is 76.5 cm³/mol. The fourth-order valence-corrected chi connectivity index (χ4v) is 2.54. The molecule has 0 saturated carbocycles. The number of thiophene rings is 1. The normalized spacial score (nSPS) is 10.1. The number of ketones is 1. The first kappa shape index (κ1) is 13.0. The van der Waals surface area contributed by atoms with Crippen molar-refractivity contribution in [1.29, 1.82) is 0 Å². The highest BCUT2D eigenvalue weighted by Gasteiger charge is 2.02. The Kier molecular flexibility index (Phi) is 4.27. The molecule has 2 aromatic rings. The number of nitrogens with one attached hydrogen (secondary N) is 2. The van der Waals surface area contributed by atoms with E-state index >= 15 is 0 Å². The van der Waals surface area contributed by atoms with E-state index in [4.69, 9.17) is 0 Å². The molecular weight excluding hydrogens is 316 g/mol. The minimum Gasteiger partial charge on any atom is -0.363 e. The molecule has 0 aliphatic heterocycles. The van der Waals surface area contributed by atoms with E-state index in [0.717, 1.165) is 8.79 Å². The minimum atomic E-state index is 0.0605. The van der Waals surface area contributed by atoms with Gasteiger partial charge in [0.1, 0.15) is 23.7 Å². The van der Waals surface area contributed by atoms with E-state index in [1.165, 1.54) is 13.3 Å². The molecule has 7 heteroatoms. The number of anilines is 3. The molecule has 5 nitrogen and oxygen atoms in total. The van der Waals surface area contributed by atoms with Crippen LogP contribution < -0.4 is 10.6 Å². The number of nitrogens with zero attached hydrogens (tertiary/aromatic N) is 2. The molecule has 94 valence electrons. The van der Waals surface area contributed by atoms with Crippen molar-refractivity contribution < 1.29 is 4.79 Å². The molecule has 0 fully saturated rings. The van der Waals surface area contributed by atoms with Crippen molar-refractivity contribution in [3.05, 3.63) is 28.3 Å². The van der Waals surface area contributed by atoms with Crippen molar-refractivity contribution in [2.75, 3.05) is 17.2 Å². The third kappa shape index (κ3) is 3.78. The van der Waals surface area contributed by atoms with Crippen LogP contribution in [0.15, 0.2) is 28.3 Å². The average molecular weight is 327 g/mol. The molecule has 18 heavy (non-hydrogen) atoms. The number of hydrogen-bond donors (Lipinski definition) is 2. The van der Waals surface area contributed by atoms with Crippen LogP contribution in [0.1, 0.15) is 6.92 Å². The molecule has 0 bridgehead atoms. The third-order valence-electron chi connectivity index (χ3n) is 2.01. The van der Waals surface area contributed by atoms with Gasteiger partial charge in [-0.15, -0.1) is 11.3 Å². The van der Waals surface area contributed by atoms with Crippen molar-refractivity contribution in [3.63, 3.8) is 0 Å². The summed E-state index contributed by atoms with van der Waals surface area (Å²) in [5.41, 5.74) is 0. The number of Topliss-reactive ketones (excluding diaryl/α,β-unsaturated/α-hetero) is 1. The molecular formula is C11H11BrN4OS. The Balaban J connectivity index is 2.05. The highest BCUT2D eigenvalue weighted by molar-refractivity contribution is 9.11. The maximum atomic E-state index is 10.9. The first-order valence-corrected chi connectivity index (χ1v) is 6.82. The predicted octanol–water partition coefficient (Wildman–Crippen LogP) is 3.05. The van der Waals surface area contributed by atoms with Gasteiger partial charge in [-0.2, -0.15) is 0 Å². The van der Waals surface area contributed by atoms with Crippen LogP contribution in [0.2, 0.25) is 0 Å². The second-order valence-electron chi connectivity index (χ2n) is 3.57. The van der Waals surface area contributed by atoms with Gasteiger partial charge in [-0.05, 0) is 35.0 Å². The molecule has 2 rings (SSSR count). The van der Waals surface area contributed by atoms with Crippen molar-refractivity contribution in [2.45, 2.75) is 6.92 Å². The lowest BCUT2D eigenvalue weighted by Gasteiger charge is -2.05. The van der Waals surface area contributed by atoms with Crippen LogP contribution in [0.25, 0.3) is 0 Å². The monoisotopic (exact) mass is 326 g/mol. The van der Waals surface area contributed by atoms with E-state index in [2.05, 4.69) is 36.5 Å². The zero-order valence-electron chi connectivity index (χ0n) is 9.61. The summed E-state index contributed by atoms with van der Waals surface area (Å²) in [6.45, 7) is 1.79. The largest absolute Gasteiger partial charge is 0.363 e. The van der Waals surface area contributed by atoms with Gasteiger partial charge in [0, 0.05) is 6.07 Å². The number of carbonyl (C=O) groups is 1. The minimum absolute atomic E-state index is 0.0605. The molecule has 2 heterocycles. The van der Waals surface area contributed by atoms with Crippen molar-refractivity contribution in [3.8, 4) is 0 Å². The molecule has 0 saturated heterocycles. The van der Waals surface area contributed by atoms with Crippen LogP contribution in [0.3, 0.4) is 0 Å². The Morgan fingerprint density at radius 1 is 1.39 bits per heavy atom. The Bertz CT molecular complexity index is 557. The Labute approximate surface area is 117 Å². The average Bonchev–Trinajstić information content (AvgIpc) is 2.73. The van der Waals surface area contributed by atoms with Crippen LogP contribution in [-0.2, 0) is 4.79 Å². The number of halogens is 1. The van der Waals surface area contributed by atoms with Crippen molar-refractivity contribution in [1.82, 2.24) is 9.97 Å². The number of rotatable bonds is 5. The van der Waals surface area contributed by atoms with Crippen LogP contribution in [0, 0.1) is 0 Å². The highest BCUT2D eigenvalue weighted by Crippen LogP contribution is 2.28. The van der Waals surface area contributed by atoms with Gasteiger partial charge < -0.3 is 10.6 Å². The Hall–Kier alpha value is -1.47. The van der Waals surface area contributed by atoms with E-state index in [1.54, 1.807) is 17.4 Å². The SMILES string of the molecule is CC(=O)CNc1cc(Nc2ccc(Br)s2)ncn1. The fraction of sp³-hybridized carbons (Fsp3) is 0.182. The van der Waals surface area contributed by atoms with Gasteiger partial charge in [-0.25, -0.2) is 9.97 Å². The molecule has 0 aliphatic rings. The van der Waals surface area contributed by atoms with Gasteiger partial charge in [0.15, 0.2) is 0 Å². The summed E-state index contributed by atoms with van der Waals surface area (Å²) in [5.74, 6) is 1.37. The maximum Gasteiger partial charge on any atom is 0.148 e. The zero-order valence-corrected chi connectivity index (χ0v) is 12.0. The molecule has 2 aromatic heterocycles. The summed E-state index contributed by atoms with van der Waals surface area (Å²) in [6, 6.07) is 5.68. The lowest BCUT2D eigenvalue weighted by molar-refractivity contribution is -0.115. The number of hydrogen-bond acceptors (Lipinski definition) is 6. The Morgan fingerprint density at radius 2 is 2.17 bits per heavy atom. The van der Waals surface area contributed by atoms with E-state index in [1.807, 2.05) is 12.1 Å². The van der Waals surface area contributed by atoms with Crippen LogP contribution in [0.4, 0.5) is 16.6 Å². The quantitative estimate of drug-likeness (QED) is 0.883. The number of aromatic nitrogens is 2. The second kappa shape index (κ2) is 5.92. The van der Waals surface area contributed by atoms with E-state index in [0.29, 0.717) is 11.6 Å². The Morgan fingerprint density at radius 3 is 2.83 bits per heavy atom. The van der Waals surface area contributed by atoms with Crippen LogP contribution in [0.5, 0.6) is 0 Å². The maximum absolute atomic E-state index is 10.9. The van der Waals surface area contributed by atoms with E-state index in [-0.39, 0.29) is 12.3 Å². The molecule has 0 aromatic carbocycles. The molecule has 0 spiro atoms. The summed E-state index contributed by atoms with van der Waals surface area (Å²) in [5, 5.41) is 7.08. The van der Waals surface area contributed by atoms with Crippen LogP contribution in [-0.4, -0.2) is 22.3 Å². The fourth-order valence-electron chi connectivity index (χ4n) is 1.25. The summed E-state index contributed by atoms with van der Waals surface area (Å²) in [4.78, 5) is 19.0. The summed E-state index contributed by atoms with van der Waals surface area (Å²) < 4.78 is 1.05. The van der Waals surface area contributed by atoms with Gasteiger partial charge in [-0.3, -0.25) is 4.79 Å². The lowest BCUT2D eigenvalue weighted by Crippen LogP contribution is -2.11. The summed E-state index contributed by atoms with van der Waals surface area (Å²) in [6.07, 6.45) is 1.45. The topological polar surface area (TPSA) is 66.9 Å². The first-order valence-electron chi connectivity index (χ1n) is 5.21. The zero-order chi connectivity index (χ0) is 13.0. The van der Waals surface area contributed by atoms with Gasteiger partial charge in [0.05, 0.1) is 15.3 Å². The van der Waals surface area contributed by atoms with Crippen molar-refractivity contribution >= 4 is 49.7 Å². The smallest absolute Gasteiger partial charge is 0.148 e. The molecule has 0 radical (unpaired) electrons. The highest BCUT2D eigenvalue weighted by atomic mass is 79.9. The molecule has 0 unspecified atom stereocenters. The van der Waals surface area contributed by atoms with E-state index < -0.39 is 0 Å². The first-order chi connectivity index (χ1) is 8.63. The summed E-state index contributed by atoms with van der Waals surface area (Å²) >= 11 is 4.97. The van der Waals surface area contributed by atoms with Gasteiger partial charge in [0.2, 0.25) is 0 Å². The van der Waals surface area contributed by atoms with Gasteiger partial charge in [-0.1, -0.05) is 0 Å². The van der Waals surface area contributed by atoms with E-state index in [9.17, 15) is 4.79 Å². The number of carbonyl (C=O) groups excluding carboxylic acids is 1. The molecule has 0 amide bonds. The molecule has 0 atom stereocenters. The second-order valence-corrected chi connectivity index (χ2v) is 6.04. The van der Waals surface area contributed by atoms with Gasteiger partial charge >= 0.3 is 0 Å². The standard InChI is InChI=1S/C11H11BrN4OS/c1-7(17)5-13-9-4-10(15-6-14-9)16-11-3-2-8(12)18-11/h2-4,6H,5H2,1H3,(H2,13,14,15,16).